The highest BCUT2D eigenvalue weighted by Crippen LogP contribution is 2.00. The average Bonchev–Trinajstić information content (AvgIpc) is 2.03. The molecule has 0 radical (unpaired) electrons. The van der Waals surface area contributed by atoms with Crippen LogP contribution in [0, 0.1) is 6.92 Å². The quantitative estimate of drug-likeness (QED) is 0.621. The number of pyridine rings is 1. The van der Waals surface area contributed by atoms with E-state index >= 15 is 0 Å². The van der Waals surface area contributed by atoms with Crippen LogP contribution in [0.25, 0.3) is 6.08 Å². The maximum absolute atomic E-state index is 10.6. The number of carbonyl (C=O) groups is 1. The molecule has 0 saturated heterocycles. The van der Waals surface area contributed by atoms with Crippen LogP contribution in [-0.4, -0.2) is 10.8 Å². The molecular formula is C10H11NO. The summed E-state index contributed by atoms with van der Waals surface area (Å²) in [4.78, 5) is 14.7. The summed E-state index contributed by atoms with van der Waals surface area (Å²) in [5.74, 6) is 0.0392. The predicted octanol–water partition coefficient (Wildman–Crippen LogP) is 1.99. The van der Waals surface area contributed by atoms with E-state index in [2.05, 4.69) is 4.98 Å². The Bertz CT molecular complexity index is 298. The van der Waals surface area contributed by atoms with Crippen molar-refractivity contribution in [3.05, 3.63) is 35.7 Å². The molecule has 0 bridgehead atoms. The fraction of sp³-hybridized carbons (Fsp3) is 0.200. The van der Waals surface area contributed by atoms with Crippen molar-refractivity contribution >= 4 is 11.9 Å². The molecule has 1 heterocycles. The molecule has 0 saturated carbocycles. The molecule has 12 heavy (non-hydrogen) atoms. The smallest absolute Gasteiger partial charge is 0.152 e. The van der Waals surface area contributed by atoms with Crippen molar-refractivity contribution in [2.75, 3.05) is 0 Å². The number of ketones is 1. The first-order chi connectivity index (χ1) is 5.68. The molecule has 0 aliphatic heterocycles. The van der Waals surface area contributed by atoms with Gasteiger partial charge in [0, 0.05) is 6.20 Å². The number of hydrogen-bond acceptors (Lipinski definition) is 2. The molecule has 1 aromatic heterocycles. The first-order valence-corrected chi connectivity index (χ1v) is 3.80. The molecule has 1 rings (SSSR count). The summed E-state index contributed by atoms with van der Waals surface area (Å²) in [7, 11) is 0. The minimum absolute atomic E-state index is 0.0392. The van der Waals surface area contributed by atoms with Crippen LogP contribution in [0.5, 0.6) is 0 Å². The predicted molar refractivity (Wildman–Crippen MR) is 48.7 cm³/mol. The van der Waals surface area contributed by atoms with Crippen molar-refractivity contribution in [2.45, 2.75) is 13.8 Å². The van der Waals surface area contributed by atoms with Crippen LogP contribution in [0.4, 0.5) is 0 Å². The van der Waals surface area contributed by atoms with Crippen LogP contribution < -0.4 is 0 Å². The molecule has 2 heteroatoms. The second-order valence-corrected chi connectivity index (χ2v) is 2.70. The molecule has 2 nitrogen and oxygen atoms in total. The Kier molecular flexibility index (Phi) is 2.75. The van der Waals surface area contributed by atoms with E-state index in [1.54, 1.807) is 12.3 Å². The van der Waals surface area contributed by atoms with Crippen molar-refractivity contribution in [3.63, 3.8) is 0 Å². The van der Waals surface area contributed by atoms with Gasteiger partial charge in [-0.2, -0.15) is 0 Å². The summed E-state index contributed by atoms with van der Waals surface area (Å²) in [6, 6.07) is 3.85. The van der Waals surface area contributed by atoms with E-state index in [1.165, 1.54) is 13.0 Å². The Balaban J connectivity index is 2.77. The zero-order valence-corrected chi connectivity index (χ0v) is 7.24. The van der Waals surface area contributed by atoms with Crippen molar-refractivity contribution in [2.24, 2.45) is 0 Å². The van der Waals surface area contributed by atoms with Gasteiger partial charge in [-0.3, -0.25) is 9.78 Å². The standard InChI is InChI=1S/C10H11NO/c1-8-3-5-10(11-7-8)6-4-9(2)12/h3-7H,1-2H3. The van der Waals surface area contributed by atoms with Crippen LogP contribution in [0.2, 0.25) is 0 Å². The van der Waals surface area contributed by atoms with E-state index in [0.717, 1.165) is 11.3 Å². The lowest BCUT2D eigenvalue weighted by Gasteiger charge is -1.92. The molecule has 0 fully saturated rings. The highest BCUT2D eigenvalue weighted by atomic mass is 16.1. The van der Waals surface area contributed by atoms with Crippen LogP contribution >= 0.6 is 0 Å². The number of aryl methyl sites for hydroxylation is 1. The average molecular weight is 161 g/mol. The van der Waals surface area contributed by atoms with Gasteiger partial charge in [0.2, 0.25) is 0 Å². The summed E-state index contributed by atoms with van der Waals surface area (Å²) >= 11 is 0. The van der Waals surface area contributed by atoms with Gasteiger partial charge in [0.05, 0.1) is 5.69 Å². The van der Waals surface area contributed by atoms with E-state index in [4.69, 9.17) is 0 Å². The van der Waals surface area contributed by atoms with Crippen LogP contribution in [0.3, 0.4) is 0 Å². The number of allylic oxidation sites excluding steroid dienone is 1. The molecular weight excluding hydrogens is 150 g/mol. The SMILES string of the molecule is CC(=O)C=Cc1ccc(C)cn1. The number of nitrogens with zero attached hydrogens (tertiary/aromatic N) is 1. The molecule has 0 aromatic carbocycles. The van der Waals surface area contributed by atoms with Crippen LogP contribution in [-0.2, 0) is 4.79 Å². The molecule has 0 N–H and O–H groups in total. The van der Waals surface area contributed by atoms with Gasteiger partial charge in [0.25, 0.3) is 0 Å². The summed E-state index contributed by atoms with van der Waals surface area (Å²) in [5, 5.41) is 0. The summed E-state index contributed by atoms with van der Waals surface area (Å²) in [5.41, 5.74) is 1.94. The maximum Gasteiger partial charge on any atom is 0.152 e. The Morgan fingerprint density at radius 1 is 1.50 bits per heavy atom. The lowest BCUT2D eigenvalue weighted by Crippen LogP contribution is -1.83. The van der Waals surface area contributed by atoms with E-state index < -0.39 is 0 Å². The Morgan fingerprint density at radius 3 is 2.75 bits per heavy atom. The minimum Gasteiger partial charge on any atom is -0.295 e. The number of hydrogen-bond donors (Lipinski definition) is 0. The fourth-order valence-electron chi connectivity index (χ4n) is 0.781. The molecule has 0 spiro atoms. The zero-order chi connectivity index (χ0) is 8.97. The normalized spacial score (nSPS) is 10.5. The highest BCUT2D eigenvalue weighted by molar-refractivity contribution is 5.91. The molecule has 0 unspecified atom stereocenters. The Morgan fingerprint density at radius 2 is 2.25 bits per heavy atom. The fourth-order valence-corrected chi connectivity index (χ4v) is 0.781. The van der Waals surface area contributed by atoms with Gasteiger partial charge < -0.3 is 0 Å². The largest absolute Gasteiger partial charge is 0.295 e. The van der Waals surface area contributed by atoms with Crippen molar-refractivity contribution < 1.29 is 4.79 Å². The minimum atomic E-state index is 0.0392. The Labute approximate surface area is 71.9 Å². The molecule has 0 atom stereocenters. The van der Waals surface area contributed by atoms with Crippen molar-refractivity contribution in [3.8, 4) is 0 Å². The van der Waals surface area contributed by atoms with Gasteiger partial charge in [-0.25, -0.2) is 0 Å². The molecule has 1 aromatic rings. The number of carbonyl (C=O) groups excluding carboxylic acids is 1. The van der Waals surface area contributed by atoms with Crippen LogP contribution in [0.1, 0.15) is 18.2 Å². The lowest BCUT2D eigenvalue weighted by molar-refractivity contribution is -0.112. The number of aromatic nitrogens is 1. The second-order valence-electron chi connectivity index (χ2n) is 2.70. The van der Waals surface area contributed by atoms with E-state index in [9.17, 15) is 4.79 Å². The lowest BCUT2D eigenvalue weighted by atomic mass is 10.2. The van der Waals surface area contributed by atoms with E-state index in [0.29, 0.717) is 0 Å². The Hall–Kier alpha value is -1.44. The van der Waals surface area contributed by atoms with Gasteiger partial charge in [-0.05, 0) is 37.6 Å². The summed E-state index contributed by atoms with van der Waals surface area (Å²) < 4.78 is 0. The van der Waals surface area contributed by atoms with Gasteiger partial charge in [0.15, 0.2) is 5.78 Å². The van der Waals surface area contributed by atoms with Gasteiger partial charge >= 0.3 is 0 Å². The molecule has 0 amide bonds. The molecule has 62 valence electrons. The third-order valence-corrected chi connectivity index (χ3v) is 1.42. The summed E-state index contributed by atoms with van der Waals surface area (Å²) in [6.07, 6.45) is 5.00. The first kappa shape index (κ1) is 8.65. The topological polar surface area (TPSA) is 30.0 Å². The monoisotopic (exact) mass is 161 g/mol. The second kappa shape index (κ2) is 3.81. The maximum atomic E-state index is 10.6. The third-order valence-electron chi connectivity index (χ3n) is 1.42. The number of rotatable bonds is 2. The van der Waals surface area contributed by atoms with E-state index in [-0.39, 0.29) is 5.78 Å². The highest BCUT2D eigenvalue weighted by Gasteiger charge is 1.88. The van der Waals surface area contributed by atoms with Crippen LogP contribution in [0.15, 0.2) is 24.4 Å². The summed E-state index contributed by atoms with van der Waals surface area (Å²) in [6.45, 7) is 3.50. The van der Waals surface area contributed by atoms with Gasteiger partial charge in [-0.15, -0.1) is 0 Å². The molecule has 0 aliphatic carbocycles. The van der Waals surface area contributed by atoms with Gasteiger partial charge in [-0.1, -0.05) is 6.07 Å². The zero-order valence-electron chi connectivity index (χ0n) is 7.24. The van der Waals surface area contributed by atoms with E-state index in [1.807, 2.05) is 19.1 Å². The van der Waals surface area contributed by atoms with Crippen molar-refractivity contribution in [1.29, 1.82) is 0 Å². The van der Waals surface area contributed by atoms with Crippen molar-refractivity contribution in [1.82, 2.24) is 4.98 Å². The van der Waals surface area contributed by atoms with Gasteiger partial charge in [0.1, 0.15) is 0 Å². The first-order valence-electron chi connectivity index (χ1n) is 3.80. The third kappa shape index (κ3) is 2.66. The molecule has 0 aliphatic rings.